The first-order chi connectivity index (χ1) is 7.20. The minimum Gasteiger partial charge on any atom is -0.356 e. The van der Waals surface area contributed by atoms with Gasteiger partial charge in [-0.25, -0.2) is 0 Å². The van der Waals surface area contributed by atoms with E-state index < -0.39 is 0 Å². The quantitative estimate of drug-likeness (QED) is 0.774. The molecule has 82 valence electrons. The molecular formula is C11H17N3O. The Morgan fingerprint density at radius 3 is 3.27 bits per heavy atom. The smallest absolute Gasteiger partial charge is 0.223 e. The highest BCUT2D eigenvalue weighted by Gasteiger charge is 2.25. The van der Waals surface area contributed by atoms with E-state index in [1.165, 1.54) is 5.56 Å². The average molecular weight is 207 g/mol. The van der Waals surface area contributed by atoms with Gasteiger partial charge >= 0.3 is 0 Å². The number of nitrogens with zero attached hydrogens (tertiary/aromatic N) is 2. The molecule has 15 heavy (non-hydrogen) atoms. The zero-order chi connectivity index (χ0) is 10.8. The van der Waals surface area contributed by atoms with Gasteiger partial charge in [0.15, 0.2) is 0 Å². The lowest BCUT2D eigenvalue weighted by Crippen LogP contribution is -2.33. The van der Waals surface area contributed by atoms with Crippen LogP contribution in [0.25, 0.3) is 0 Å². The Kier molecular flexibility index (Phi) is 2.75. The maximum atomic E-state index is 11.7. The highest BCUT2D eigenvalue weighted by Crippen LogP contribution is 2.24. The lowest BCUT2D eigenvalue weighted by atomic mass is 9.87. The molecule has 1 atom stereocenters. The van der Waals surface area contributed by atoms with Crippen LogP contribution >= 0.6 is 0 Å². The van der Waals surface area contributed by atoms with Gasteiger partial charge in [0.1, 0.15) is 0 Å². The highest BCUT2D eigenvalue weighted by molar-refractivity contribution is 5.79. The molecule has 0 radical (unpaired) electrons. The Balaban J connectivity index is 2.08. The molecule has 1 amide bonds. The lowest BCUT2D eigenvalue weighted by Gasteiger charge is -2.19. The van der Waals surface area contributed by atoms with Crippen LogP contribution in [-0.2, 0) is 24.7 Å². The first-order valence-electron chi connectivity index (χ1n) is 5.49. The molecule has 1 N–H and O–H groups in total. The molecule has 0 aromatic carbocycles. The fourth-order valence-electron chi connectivity index (χ4n) is 2.19. The molecule has 0 saturated heterocycles. The number of carbonyl (C=O) groups excluding carboxylic acids is 1. The van der Waals surface area contributed by atoms with E-state index in [2.05, 4.69) is 10.4 Å². The van der Waals surface area contributed by atoms with Gasteiger partial charge in [0.2, 0.25) is 5.91 Å². The number of nitrogens with one attached hydrogen (secondary N) is 1. The van der Waals surface area contributed by atoms with Crippen molar-refractivity contribution in [1.29, 1.82) is 0 Å². The van der Waals surface area contributed by atoms with Crippen molar-refractivity contribution in [2.75, 3.05) is 6.54 Å². The largest absolute Gasteiger partial charge is 0.356 e. The summed E-state index contributed by atoms with van der Waals surface area (Å²) >= 11 is 0. The van der Waals surface area contributed by atoms with Crippen LogP contribution in [0.4, 0.5) is 0 Å². The Labute approximate surface area is 89.7 Å². The Hall–Kier alpha value is -1.32. The van der Waals surface area contributed by atoms with E-state index in [0.717, 1.165) is 31.5 Å². The number of rotatable bonds is 2. The van der Waals surface area contributed by atoms with E-state index >= 15 is 0 Å². The van der Waals surface area contributed by atoms with Gasteiger partial charge in [-0.2, -0.15) is 5.10 Å². The topological polar surface area (TPSA) is 46.9 Å². The molecule has 1 unspecified atom stereocenters. The van der Waals surface area contributed by atoms with E-state index in [0.29, 0.717) is 0 Å². The van der Waals surface area contributed by atoms with Crippen LogP contribution in [0.2, 0.25) is 0 Å². The van der Waals surface area contributed by atoms with Crippen LogP contribution in [-0.4, -0.2) is 22.2 Å². The van der Waals surface area contributed by atoms with Gasteiger partial charge in [-0.3, -0.25) is 9.48 Å². The average Bonchev–Trinajstić information content (AvgIpc) is 2.57. The van der Waals surface area contributed by atoms with Crippen molar-refractivity contribution in [3.05, 3.63) is 17.5 Å². The summed E-state index contributed by atoms with van der Waals surface area (Å²) in [6.45, 7) is 2.67. The minimum absolute atomic E-state index is 0.140. The molecule has 1 aromatic rings. The summed E-state index contributed by atoms with van der Waals surface area (Å²) < 4.78 is 1.84. The van der Waals surface area contributed by atoms with Crippen molar-refractivity contribution < 1.29 is 4.79 Å². The molecule has 4 heteroatoms. The molecule has 1 aliphatic rings. The van der Waals surface area contributed by atoms with E-state index in [1.807, 2.05) is 24.9 Å². The molecule has 0 aliphatic heterocycles. The maximum absolute atomic E-state index is 11.7. The standard InChI is InChI=1S/C11H17N3O/c1-3-12-11(15)8-4-5-10-9(6-8)7-14(2)13-10/h7-8H,3-6H2,1-2H3,(H,12,15). The SMILES string of the molecule is CCNC(=O)C1CCc2nn(C)cc2C1. The predicted molar refractivity (Wildman–Crippen MR) is 57.4 cm³/mol. The first kappa shape index (κ1) is 10.2. The first-order valence-corrected chi connectivity index (χ1v) is 5.49. The van der Waals surface area contributed by atoms with Crippen LogP contribution < -0.4 is 5.32 Å². The number of hydrogen-bond donors (Lipinski definition) is 1. The number of carbonyl (C=O) groups is 1. The van der Waals surface area contributed by atoms with Gasteiger partial charge in [-0.1, -0.05) is 0 Å². The van der Waals surface area contributed by atoms with E-state index in [-0.39, 0.29) is 11.8 Å². The van der Waals surface area contributed by atoms with Crippen molar-refractivity contribution in [1.82, 2.24) is 15.1 Å². The summed E-state index contributed by atoms with van der Waals surface area (Å²) in [4.78, 5) is 11.7. The van der Waals surface area contributed by atoms with Gasteiger partial charge in [0, 0.05) is 25.7 Å². The van der Waals surface area contributed by atoms with E-state index in [1.54, 1.807) is 0 Å². The third kappa shape index (κ3) is 2.03. The zero-order valence-corrected chi connectivity index (χ0v) is 9.29. The summed E-state index contributed by atoms with van der Waals surface area (Å²) in [6, 6.07) is 0. The summed E-state index contributed by atoms with van der Waals surface area (Å²) in [5.74, 6) is 0.327. The fraction of sp³-hybridized carbons (Fsp3) is 0.636. The van der Waals surface area contributed by atoms with Crippen LogP contribution in [0.3, 0.4) is 0 Å². The molecule has 0 spiro atoms. The lowest BCUT2D eigenvalue weighted by molar-refractivity contribution is -0.125. The second-order valence-electron chi connectivity index (χ2n) is 4.11. The van der Waals surface area contributed by atoms with Crippen molar-refractivity contribution in [2.24, 2.45) is 13.0 Å². The third-order valence-electron chi connectivity index (χ3n) is 2.91. The molecular weight excluding hydrogens is 190 g/mol. The molecule has 0 bridgehead atoms. The second-order valence-corrected chi connectivity index (χ2v) is 4.11. The molecule has 0 saturated carbocycles. The molecule has 1 aliphatic carbocycles. The monoisotopic (exact) mass is 207 g/mol. The number of aromatic nitrogens is 2. The Morgan fingerprint density at radius 2 is 2.53 bits per heavy atom. The molecule has 0 fully saturated rings. The van der Waals surface area contributed by atoms with E-state index in [9.17, 15) is 4.79 Å². The zero-order valence-electron chi connectivity index (χ0n) is 9.29. The normalized spacial score (nSPS) is 19.7. The Bertz CT molecular complexity index is 370. The second kappa shape index (κ2) is 4.04. The van der Waals surface area contributed by atoms with Gasteiger partial charge < -0.3 is 5.32 Å². The summed E-state index contributed by atoms with van der Waals surface area (Å²) in [5.41, 5.74) is 2.40. The third-order valence-corrected chi connectivity index (χ3v) is 2.91. The van der Waals surface area contributed by atoms with E-state index in [4.69, 9.17) is 0 Å². The molecule has 4 nitrogen and oxygen atoms in total. The molecule has 1 heterocycles. The Morgan fingerprint density at radius 1 is 1.73 bits per heavy atom. The van der Waals surface area contributed by atoms with Gasteiger partial charge in [-0.15, -0.1) is 0 Å². The summed E-state index contributed by atoms with van der Waals surface area (Å²) in [5, 5.41) is 7.26. The summed E-state index contributed by atoms with van der Waals surface area (Å²) in [7, 11) is 1.93. The van der Waals surface area contributed by atoms with Gasteiger partial charge in [-0.05, 0) is 31.7 Å². The van der Waals surface area contributed by atoms with Crippen LogP contribution in [0.15, 0.2) is 6.20 Å². The predicted octanol–water partition coefficient (Wildman–Crippen LogP) is 0.661. The molecule has 2 rings (SSSR count). The fourth-order valence-corrected chi connectivity index (χ4v) is 2.19. The van der Waals surface area contributed by atoms with Crippen LogP contribution in [0.1, 0.15) is 24.6 Å². The highest BCUT2D eigenvalue weighted by atomic mass is 16.1. The number of amides is 1. The number of hydrogen-bond acceptors (Lipinski definition) is 2. The van der Waals surface area contributed by atoms with Crippen LogP contribution in [0, 0.1) is 5.92 Å². The van der Waals surface area contributed by atoms with Crippen molar-refractivity contribution >= 4 is 5.91 Å². The minimum atomic E-state index is 0.140. The van der Waals surface area contributed by atoms with Crippen molar-refractivity contribution in [3.63, 3.8) is 0 Å². The van der Waals surface area contributed by atoms with Crippen molar-refractivity contribution in [3.8, 4) is 0 Å². The summed E-state index contributed by atoms with van der Waals surface area (Å²) in [6.07, 6.45) is 4.73. The maximum Gasteiger partial charge on any atom is 0.223 e. The van der Waals surface area contributed by atoms with Crippen LogP contribution in [0.5, 0.6) is 0 Å². The molecule has 1 aromatic heterocycles. The van der Waals surface area contributed by atoms with Gasteiger partial charge in [0.05, 0.1) is 5.69 Å². The van der Waals surface area contributed by atoms with Gasteiger partial charge in [0.25, 0.3) is 0 Å². The number of fused-ring (bicyclic) bond motifs is 1. The van der Waals surface area contributed by atoms with Crippen molar-refractivity contribution in [2.45, 2.75) is 26.2 Å². The number of aryl methyl sites for hydroxylation is 2.